The largest absolute Gasteiger partial charge is 0.338 e. The minimum Gasteiger partial charge on any atom is -0.338 e. The SMILES string of the molecule is O=C([CH]CCCCCS)N1CCc2ccccc2C1. The second-order valence-electron chi connectivity index (χ2n) is 5.06. The molecular weight excluding hydrogens is 254 g/mol. The Morgan fingerprint density at radius 3 is 2.79 bits per heavy atom. The number of unbranched alkanes of at least 4 members (excludes halogenated alkanes) is 3. The molecule has 0 aliphatic carbocycles. The maximum atomic E-state index is 12.1. The molecule has 0 fully saturated rings. The van der Waals surface area contributed by atoms with Gasteiger partial charge in [-0.2, -0.15) is 12.6 Å². The molecule has 1 aromatic carbocycles. The monoisotopic (exact) mass is 276 g/mol. The van der Waals surface area contributed by atoms with Crippen molar-refractivity contribution in [3.8, 4) is 0 Å². The van der Waals surface area contributed by atoms with E-state index in [0.29, 0.717) is 0 Å². The van der Waals surface area contributed by atoms with Crippen LogP contribution in [-0.2, 0) is 17.8 Å². The molecule has 19 heavy (non-hydrogen) atoms. The molecule has 2 rings (SSSR count). The Kier molecular flexibility index (Phi) is 5.77. The van der Waals surface area contributed by atoms with Crippen molar-refractivity contribution in [1.82, 2.24) is 4.90 Å². The molecule has 1 amide bonds. The smallest absolute Gasteiger partial charge is 0.226 e. The summed E-state index contributed by atoms with van der Waals surface area (Å²) in [6, 6.07) is 8.41. The van der Waals surface area contributed by atoms with Gasteiger partial charge in [-0.15, -0.1) is 0 Å². The Balaban J connectivity index is 1.76. The predicted octanol–water partition coefficient (Wildman–Crippen LogP) is 3.27. The number of carbonyl (C=O) groups excluding carboxylic acids is 1. The van der Waals surface area contributed by atoms with Crippen LogP contribution in [0.4, 0.5) is 0 Å². The molecule has 0 unspecified atom stereocenters. The normalized spacial score (nSPS) is 14.3. The summed E-state index contributed by atoms with van der Waals surface area (Å²) in [5.41, 5.74) is 2.69. The zero-order valence-corrected chi connectivity index (χ0v) is 12.2. The average molecular weight is 276 g/mol. The van der Waals surface area contributed by atoms with E-state index >= 15 is 0 Å². The molecule has 0 N–H and O–H groups in total. The van der Waals surface area contributed by atoms with Gasteiger partial charge in [0.2, 0.25) is 5.91 Å². The van der Waals surface area contributed by atoms with Gasteiger partial charge in [-0.25, -0.2) is 0 Å². The number of amides is 1. The molecule has 0 atom stereocenters. The van der Waals surface area contributed by atoms with Crippen molar-refractivity contribution >= 4 is 18.5 Å². The molecule has 1 heterocycles. The molecule has 0 aromatic heterocycles. The molecule has 0 bridgehead atoms. The molecule has 103 valence electrons. The van der Waals surface area contributed by atoms with Crippen LogP contribution in [0, 0.1) is 6.42 Å². The highest BCUT2D eigenvalue weighted by molar-refractivity contribution is 7.80. The van der Waals surface area contributed by atoms with Crippen LogP contribution in [0.1, 0.15) is 36.8 Å². The van der Waals surface area contributed by atoms with Crippen LogP contribution in [-0.4, -0.2) is 23.1 Å². The lowest BCUT2D eigenvalue weighted by atomic mass is 9.99. The van der Waals surface area contributed by atoms with E-state index in [2.05, 4.69) is 30.8 Å². The van der Waals surface area contributed by atoms with Crippen molar-refractivity contribution < 1.29 is 4.79 Å². The van der Waals surface area contributed by atoms with E-state index in [0.717, 1.165) is 50.9 Å². The van der Waals surface area contributed by atoms with Crippen LogP contribution in [0.15, 0.2) is 24.3 Å². The highest BCUT2D eigenvalue weighted by atomic mass is 32.1. The zero-order chi connectivity index (χ0) is 13.5. The van der Waals surface area contributed by atoms with Gasteiger partial charge in [-0.3, -0.25) is 4.79 Å². The summed E-state index contributed by atoms with van der Waals surface area (Å²) in [6.45, 7) is 1.62. The van der Waals surface area contributed by atoms with Gasteiger partial charge in [0.15, 0.2) is 0 Å². The first-order valence-corrected chi connectivity index (χ1v) is 7.74. The summed E-state index contributed by atoms with van der Waals surface area (Å²) in [7, 11) is 0. The molecule has 1 radical (unpaired) electrons. The number of fused-ring (bicyclic) bond motifs is 1. The van der Waals surface area contributed by atoms with E-state index in [-0.39, 0.29) is 5.91 Å². The van der Waals surface area contributed by atoms with E-state index in [1.807, 2.05) is 17.4 Å². The van der Waals surface area contributed by atoms with Crippen molar-refractivity contribution in [3.63, 3.8) is 0 Å². The van der Waals surface area contributed by atoms with Crippen molar-refractivity contribution in [2.75, 3.05) is 12.3 Å². The van der Waals surface area contributed by atoms with Crippen LogP contribution >= 0.6 is 12.6 Å². The standard InChI is InChI=1S/C16H22NOS/c18-16(9-3-1-2-6-12-19)17-11-10-14-7-4-5-8-15(14)13-17/h4-5,7-9,19H,1-3,6,10-13H2. The summed E-state index contributed by atoms with van der Waals surface area (Å²) in [4.78, 5) is 14.1. The van der Waals surface area contributed by atoms with E-state index in [4.69, 9.17) is 0 Å². The average Bonchev–Trinajstić information content (AvgIpc) is 2.46. The number of rotatable bonds is 6. The second-order valence-corrected chi connectivity index (χ2v) is 5.50. The topological polar surface area (TPSA) is 20.3 Å². The minimum atomic E-state index is 0.195. The first-order valence-electron chi connectivity index (χ1n) is 7.11. The summed E-state index contributed by atoms with van der Waals surface area (Å²) in [6.07, 6.45) is 7.13. The van der Waals surface area contributed by atoms with E-state index < -0.39 is 0 Å². The highest BCUT2D eigenvalue weighted by Gasteiger charge is 2.19. The third-order valence-electron chi connectivity index (χ3n) is 3.62. The van der Waals surface area contributed by atoms with Crippen molar-refractivity contribution in [1.29, 1.82) is 0 Å². The maximum Gasteiger partial charge on any atom is 0.226 e. The number of hydrogen-bond donors (Lipinski definition) is 1. The van der Waals surface area contributed by atoms with Crippen molar-refractivity contribution in [2.24, 2.45) is 0 Å². The van der Waals surface area contributed by atoms with Gasteiger partial charge in [0, 0.05) is 19.5 Å². The molecule has 0 saturated carbocycles. The molecule has 0 spiro atoms. The third kappa shape index (κ3) is 4.27. The molecule has 3 heteroatoms. The number of carbonyl (C=O) groups is 1. The summed E-state index contributed by atoms with van der Waals surface area (Å²) in [5.74, 6) is 1.14. The number of thiol groups is 1. The Hall–Kier alpha value is -0.960. The van der Waals surface area contributed by atoms with E-state index in [1.165, 1.54) is 11.1 Å². The highest BCUT2D eigenvalue weighted by Crippen LogP contribution is 2.19. The van der Waals surface area contributed by atoms with Crippen LogP contribution in [0.2, 0.25) is 0 Å². The fourth-order valence-corrected chi connectivity index (χ4v) is 2.69. The number of hydrogen-bond acceptors (Lipinski definition) is 2. The Labute approximate surface area is 121 Å². The molecule has 2 nitrogen and oxygen atoms in total. The number of benzene rings is 1. The molecule has 1 aromatic rings. The van der Waals surface area contributed by atoms with E-state index in [9.17, 15) is 4.79 Å². The maximum absolute atomic E-state index is 12.1. The van der Waals surface area contributed by atoms with Crippen molar-refractivity contribution in [2.45, 2.75) is 38.6 Å². The van der Waals surface area contributed by atoms with Crippen LogP contribution in [0.25, 0.3) is 0 Å². The van der Waals surface area contributed by atoms with Crippen molar-refractivity contribution in [3.05, 3.63) is 41.8 Å². The first-order chi connectivity index (χ1) is 9.31. The summed E-state index contributed by atoms with van der Waals surface area (Å²) < 4.78 is 0. The predicted molar refractivity (Wildman–Crippen MR) is 82.2 cm³/mol. The van der Waals surface area contributed by atoms with Crippen LogP contribution in [0.5, 0.6) is 0 Å². The fraction of sp³-hybridized carbons (Fsp3) is 0.500. The van der Waals surface area contributed by atoms with Gasteiger partial charge in [0.05, 0.1) is 0 Å². The van der Waals surface area contributed by atoms with Gasteiger partial charge in [0.25, 0.3) is 0 Å². The van der Waals surface area contributed by atoms with Gasteiger partial charge in [-0.1, -0.05) is 37.1 Å². The molecule has 1 aliphatic rings. The fourth-order valence-electron chi connectivity index (χ4n) is 2.47. The van der Waals surface area contributed by atoms with Gasteiger partial charge >= 0.3 is 0 Å². The van der Waals surface area contributed by atoms with Crippen LogP contribution in [0.3, 0.4) is 0 Å². The lowest BCUT2D eigenvalue weighted by Crippen LogP contribution is -2.36. The summed E-state index contributed by atoms with van der Waals surface area (Å²) in [5, 5.41) is 0. The summed E-state index contributed by atoms with van der Waals surface area (Å²) >= 11 is 4.19. The lowest BCUT2D eigenvalue weighted by Gasteiger charge is -2.28. The minimum absolute atomic E-state index is 0.195. The Bertz CT molecular complexity index is 419. The quantitative estimate of drug-likeness (QED) is 0.624. The van der Waals surface area contributed by atoms with E-state index in [1.54, 1.807) is 0 Å². The Morgan fingerprint density at radius 1 is 1.21 bits per heavy atom. The zero-order valence-electron chi connectivity index (χ0n) is 11.3. The molecule has 1 aliphatic heterocycles. The second kappa shape index (κ2) is 7.59. The lowest BCUT2D eigenvalue weighted by molar-refractivity contribution is -0.128. The van der Waals surface area contributed by atoms with Gasteiger partial charge in [-0.05, 0) is 36.1 Å². The third-order valence-corrected chi connectivity index (χ3v) is 3.94. The molecule has 0 saturated heterocycles. The Morgan fingerprint density at radius 2 is 2.00 bits per heavy atom. The molecular formula is C16H22NOS. The first kappa shape index (κ1) is 14.4. The van der Waals surface area contributed by atoms with Crippen LogP contribution < -0.4 is 0 Å². The number of nitrogens with zero attached hydrogens (tertiary/aromatic N) is 1. The van der Waals surface area contributed by atoms with Gasteiger partial charge in [0.1, 0.15) is 0 Å². The van der Waals surface area contributed by atoms with Gasteiger partial charge < -0.3 is 4.90 Å².